The van der Waals surface area contributed by atoms with E-state index >= 15 is 0 Å². The lowest BCUT2D eigenvalue weighted by Gasteiger charge is -2.11. The summed E-state index contributed by atoms with van der Waals surface area (Å²) in [5, 5.41) is 36.0. The molecule has 13 heteroatoms. The van der Waals surface area contributed by atoms with E-state index in [2.05, 4.69) is 21.6 Å². The molecule has 0 fully saturated rings. The number of nitro benzene ring substituents is 2. The Balaban J connectivity index is 1.84. The van der Waals surface area contributed by atoms with Crippen LogP contribution >= 0.6 is 0 Å². The van der Waals surface area contributed by atoms with Crippen molar-refractivity contribution in [2.75, 3.05) is 19.6 Å². The lowest BCUT2D eigenvalue weighted by molar-refractivity contribution is -0.394. The molecule has 0 atom stereocenters. The second-order valence-electron chi connectivity index (χ2n) is 7.24. The summed E-state index contributed by atoms with van der Waals surface area (Å²) in [7, 11) is 2.92. The van der Waals surface area contributed by atoms with E-state index in [1.54, 1.807) is 25.1 Å². The first kappa shape index (κ1) is 25.5. The van der Waals surface area contributed by atoms with E-state index < -0.39 is 21.2 Å². The maximum Gasteiger partial charge on any atom is 0.318 e. The highest BCUT2D eigenvalue weighted by Gasteiger charge is 2.22. The Morgan fingerprint density at radius 2 is 1.83 bits per heavy atom. The van der Waals surface area contributed by atoms with Crippen LogP contribution in [0.5, 0.6) is 17.2 Å². The van der Waals surface area contributed by atoms with Crippen LogP contribution in [0.15, 0.2) is 47.6 Å². The van der Waals surface area contributed by atoms with Crippen molar-refractivity contribution in [3.63, 3.8) is 0 Å². The predicted octanol–water partition coefficient (Wildman–Crippen LogP) is 4.47. The zero-order valence-corrected chi connectivity index (χ0v) is 19.4. The lowest BCUT2D eigenvalue weighted by Crippen LogP contribution is -2.03. The van der Waals surface area contributed by atoms with Gasteiger partial charge in [0.25, 0.3) is 5.69 Å². The number of anilines is 1. The van der Waals surface area contributed by atoms with Gasteiger partial charge in [0.15, 0.2) is 17.3 Å². The van der Waals surface area contributed by atoms with Gasteiger partial charge >= 0.3 is 5.69 Å². The molecule has 1 aromatic heterocycles. The minimum atomic E-state index is -0.769. The Kier molecular flexibility index (Phi) is 8.06. The standard InChI is InChI=1S/C23H20N6O7/c1-14-8-16(13-34-2)18(11-24)23(26-14)27-25-12-15-4-6-21(22(9-15)35-3)36-20-7-5-17(28(30)31)10-19(20)29(32)33/h4-10,12H,13H2,1-3H3,(H,26,27)/b25-12-. The highest BCUT2D eigenvalue weighted by Crippen LogP contribution is 2.38. The van der Waals surface area contributed by atoms with Gasteiger partial charge in [0.05, 0.1) is 35.8 Å². The number of methoxy groups -OCH3 is 2. The maximum atomic E-state index is 11.4. The monoisotopic (exact) mass is 492 g/mol. The average Bonchev–Trinajstić information content (AvgIpc) is 2.84. The molecule has 3 rings (SSSR count). The number of hydrogen-bond donors (Lipinski definition) is 1. The molecule has 0 aliphatic heterocycles. The van der Waals surface area contributed by atoms with Crippen LogP contribution < -0.4 is 14.9 Å². The fourth-order valence-corrected chi connectivity index (χ4v) is 3.20. The number of non-ortho nitro benzene ring substituents is 1. The number of benzene rings is 2. The summed E-state index contributed by atoms with van der Waals surface area (Å²) in [5.41, 5.74) is 4.01. The summed E-state index contributed by atoms with van der Waals surface area (Å²) in [5.74, 6) is 0.475. The summed E-state index contributed by atoms with van der Waals surface area (Å²) < 4.78 is 16.1. The minimum absolute atomic E-state index is 0.149. The number of hydrazone groups is 1. The van der Waals surface area contributed by atoms with Gasteiger partial charge in [0, 0.05) is 24.4 Å². The van der Waals surface area contributed by atoms with Crippen LogP contribution in [0.25, 0.3) is 0 Å². The lowest BCUT2D eigenvalue weighted by atomic mass is 10.1. The Hall–Kier alpha value is -5.09. The summed E-state index contributed by atoms with van der Waals surface area (Å²) in [6.07, 6.45) is 1.46. The highest BCUT2D eigenvalue weighted by molar-refractivity contribution is 5.81. The number of pyridine rings is 1. The predicted molar refractivity (Wildman–Crippen MR) is 128 cm³/mol. The van der Waals surface area contributed by atoms with Crippen LogP contribution in [0.2, 0.25) is 0 Å². The van der Waals surface area contributed by atoms with Gasteiger partial charge in [-0.25, -0.2) is 4.98 Å². The van der Waals surface area contributed by atoms with Gasteiger partial charge in [-0.1, -0.05) is 0 Å². The van der Waals surface area contributed by atoms with Gasteiger partial charge in [-0.2, -0.15) is 10.4 Å². The van der Waals surface area contributed by atoms with Crippen molar-refractivity contribution in [2.24, 2.45) is 5.10 Å². The molecule has 0 saturated heterocycles. The molecule has 3 aromatic rings. The Bertz CT molecular complexity index is 1380. The first-order valence-electron chi connectivity index (χ1n) is 10.2. The maximum absolute atomic E-state index is 11.4. The van der Waals surface area contributed by atoms with Gasteiger partial charge in [-0.15, -0.1) is 0 Å². The fourth-order valence-electron chi connectivity index (χ4n) is 3.20. The summed E-state index contributed by atoms with van der Waals surface area (Å²) in [6, 6.07) is 11.6. The summed E-state index contributed by atoms with van der Waals surface area (Å²) in [6.45, 7) is 2.03. The van der Waals surface area contributed by atoms with Crippen molar-refractivity contribution in [2.45, 2.75) is 13.5 Å². The summed E-state index contributed by atoms with van der Waals surface area (Å²) >= 11 is 0. The molecule has 0 aliphatic rings. The molecule has 0 unspecified atom stereocenters. The number of nitriles is 1. The van der Waals surface area contributed by atoms with E-state index in [0.29, 0.717) is 22.4 Å². The van der Waals surface area contributed by atoms with Crippen molar-refractivity contribution >= 4 is 23.4 Å². The zero-order valence-electron chi connectivity index (χ0n) is 19.4. The van der Waals surface area contributed by atoms with E-state index in [-0.39, 0.29) is 29.7 Å². The van der Waals surface area contributed by atoms with Crippen LogP contribution in [0.3, 0.4) is 0 Å². The first-order chi connectivity index (χ1) is 17.3. The zero-order chi connectivity index (χ0) is 26.2. The van der Waals surface area contributed by atoms with Gasteiger partial charge in [0.2, 0.25) is 5.75 Å². The van der Waals surface area contributed by atoms with E-state index in [1.165, 1.54) is 26.5 Å². The molecular formula is C23H20N6O7. The van der Waals surface area contributed by atoms with Gasteiger partial charge in [-0.05, 0) is 42.8 Å². The molecule has 2 aromatic carbocycles. The number of aryl methyl sites for hydroxylation is 1. The van der Waals surface area contributed by atoms with Crippen molar-refractivity contribution in [3.05, 3.63) is 85.1 Å². The third-order valence-electron chi connectivity index (χ3n) is 4.78. The Morgan fingerprint density at radius 3 is 2.47 bits per heavy atom. The molecule has 36 heavy (non-hydrogen) atoms. The van der Waals surface area contributed by atoms with Crippen molar-refractivity contribution in [3.8, 4) is 23.3 Å². The van der Waals surface area contributed by atoms with Gasteiger partial charge < -0.3 is 14.2 Å². The molecular weight excluding hydrogens is 472 g/mol. The number of rotatable bonds is 10. The number of nitro groups is 2. The fraction of sp³-hybridized carbons (Fsp3) is 0.174. The molecule has 1 heterocycles. The number of nitrogens with zero attached hydrogens (tertiary/aromatic N) is 5. The Labute approximate surface area is 204 Å². The third-order valence-corrected chi connectivity index (χ3v) is 4.78. The summed E-state index contributed by atoms with van der Waals surface area (Å²) in [4.78, 5) is 25.1. The van der Waals surface area contributed by atoms with Gasteiger partial charge in [-0.3, -0.25) is 25.7 Å². The first-order valence-corrected chi connectivity index (χ1v) is 10.2. The molecule has 13 nitrogen and oxygen atoms in total. The normalized spacial score (nSPS) is 10.6. The molecule has 0 bridgehead atoms. The average molecular weight is 492 g/mol. The smallest absolute Gasteiger partial charge is 0.318 e. The number of nitrogens with one attached hydrogen (secondary N) is 1. The second kappa shape index (κ2) is 11.4. The quantitative estimate of drug-likeness (QED) is 0.241. The third kappa shape index (κ3) is 5.88. The highest BCUT2D eigenvalue weighted by atomic mass is 16.6. The molecule has 0 spiro atoms. The van der Waals surface area contributed by atoms with E-state index in [4.69, 9.17) is 14.2 Å². The van der Waals surface area contributed by atoms with Crippen LogP contribution in [0.1, 0.15) is 22.4 Å². The molecule has 0 aliphatic carbocycles. The number of aromatic nitrogens is 1. The minimum Gasteiger partial charge on any atom is -0.493 e. The van der Waals surface area contributed by atoms with Crippen LogP contribution in [-0.4, -0.2) is 35.3 Å². The van der Waals surface area contributed by atoms with Crippen molar-refractivity contribution in [1.82, 2.24) is 4.98 Å². The topological polar surface area (TPSA) is 175 Å². The Morgan fingerprint density at radius 1 is 1.08 bits per heavy atom. The van der Waals surface area contributed by atoms with Crippen LogP contribution in [0, 0.1) is 38.5 Å². The molecule has 0 saturated carbocycles. The number of hydrogen-bond acceptors (Lipinski definition) is 11. The van der Waals surface area contributed by atoms with Gasteiger partial charge in [0.1, 0.15) is 11.6 Å². The van der Waals surface area contributed by atoms with Crippen molar-refractivity contribution in [1.29, 1.82) is 5.26 Å². The molecule has 0 radical (unpaired) electrons. The van der Waals surface area contributed by atoms with Crippen LogP contribution in [-0.2, 0) is 11.3 Å². The molecule has 184 valence electrons. The molecule has 0 amide bonds. The van der Waals surface area contributed by atoms with E-state index in [9.17, 15) is 25.5 Å². The van der Waals surface area contributed by atoms with E-state index in [0.717, 1.165) is 18.2 Å². The van der Waals surface area contributed by atoms with Crippen molar-refractivity contribution < 1.29 is 24.1 Å². The van der Waals surface area contributed by atoms with Crippen LogP contribution in [0.4, 0.5) is 17.2 Å². The SMILES string of the molecule is COCc1cc(C)nc(N/N=C\c2ccc(Oc3ccc([N+](=O)[O-])cc3[N+](=O)[O-])c(OC)c2)c1C#N. The number of ether oxygens (including phenoxy) is 3. The van der Waals surface area contributed by atoms with E-state index in [1.807, 2.05) is 0 Å². The largest absolute Gasteiger partial charge is 0.493 e. The second-order valence-corrected chi connectivity index (χ2v) is 7.24. The molecule has 1 N–H and O–H groups in total.